The molecule has 0 aromatic carbocycles. The molecule has 0 bridgehead atoms. The van der Waals surface area contributed by atoms with Crippen molar-refractivity contribution in [2.24, 2.45) is 4.99 Å². The van der Waals surface area contributed by atoms with Crippen molar-refractivity contribution < 1.29 is 0 Å². The highest BCUT2D eigenvalue weighted by Gasteiger charge is 2.26. The zero-order chi connectivity index (χ0) is 21.4. The minimum Gasteiger partial charge on any atom is -0.365 e. The number of aryl methyl sites for hydroxylation is 1. The average molecular weight is 404 g/mol. The Morgan fingerprint density at radius 1 is 1.27 bits per heavy atom. The van der Waals surface area contributed by atoms with E-state index in [0.29, 0.717) is 11.4 Å². The Bertz CT molecular complexity index is 1170. The highest BCUT2D eigenvalue weighted by Crippen LogP contribution is 2.34. The molecule has 0 atom stereocenters. The lowest BCUT2D eigenvalue weighted by Gasteiger charge is -2.16. The lowest BCUT2D eigenvalue weighted by molar-refractivity contribution is 0.425. The number of pyridine rings is 1. The van der Waals surface area contributed by atoms with Gasteiger partial charge in [-0.15, -0.1) is 5.10 Å². The normalized spacial score (nSPS) is 15.2. The fourth-order valence-corrected chi connectivity index (χ4v) is 3.81. The number of likely N-dealkylation sites (N-methyl/N-ethyl adjacent to an activating group) is 1. The quantitative estimate of drug-likeness (QED) is 0.577. The van der Waals surface area contributed by atoms with Crippen molar-refractivity contribution in [1.29, 1.82) is 5.41 Å². The second kappa shape index (κ2) is 7.91. The molecule has 1 aliphatic carbocycles. The number of aromatic nitrogens is 3. The number of rotatable bonds is 6. The summed E-state index contributed by atoms with van der Waals surface area (Å²) in [6.07, 6.45) is 4.84. The van der Waals surface area contributed by atoms with E-state index in [4.69, 9.17) is 10.4 Å². The van der Waals surface area contributed by atoms with Crippen molar-refractivity contribution in [3.63, 3.8) is 0 Å². The molecule has 0 unspecified atom stereocenters. The summed E-state index contributed by atoms with van der Waals surface area (Å²) in [6, 6.07) is 5.95. The summed E-state index contributed by atoms with van der Waals surface area (Å²) < 4.78 is 1.84. The van der Waals surface area contributed by atoms with Crippen LogP contribution in [0.15, 0.2) is 35.5 Å². The minimum absolute atomic E-state index is 0.457. The molecular weight excluding hydrogens is 374 g/mol. The number of hydrogen-bond donors (Lipinski definition) is 3. The van der Waals surface area contributed by atoms with Crippen LogP contribution in [0.5, 0.6) is 0 Å². The van der Waals surface area contributed by atoms with Crippen LogP contribution in [0.25, 0.3) is 11.1 Å². The third-order valence-corrected chi connectivity index (χ3v) is 5.62. The van der Waals surface area contributed by atoms with Crippen LogP contribution in [0.1, 0.15) is 35.9 Å². The van der Waals surface area contributed by atoms with Crippen LogP contribution in [0.4, 0.5) is 11.5 Å². The van der Waals surface area contributed by atoms with E-state index in [1.165, 1.54) is 5.57 Å². The first-order valence-corrected chi connectivity index (χ1v) is 10.3. The lowest BCUT2D eigenvalue weighted by atomic mass is 9.90. The van der Waals surface area contributed by atoms with Gasteiger partial charge in [0.05, 0.1) is 22.6 Å². The largest absolute Gasteiger partial charge is 0.365 e. The van der Waals surface area contributed by atoms with Crippen LogP contribution >= 0.6 is 0 Å². The average Bonchev–Trinajstić information content (AvgIpc) is 3.21. The fraction of sp³-hybridized carbons (Fsp3) is 0.348. The first-order chi connectivity index (χ1) is 14.4. The summed E-state index contributed by atoms with van der Waals surface area (Å²) in [5.74, 6) is 0.738. The Hall–Kier alpha value is -3.19. The third-order valence-electron chi connectivity index (χ3n) is 5.62. The summed E-state index contributed by atoms with van der Waals surface area (Å²) in [5.41, 5.74) is 8.24. The van der Waals surface area contributed by atoms with Gasteiger partial charge in [-0.1, -0.05) is 13.0 Å². The molecule has 3 aromatic heterocycles. The van der Waals surface area contributed by atoms with E-state index in [-0.39, 0.29) is 0 Å². The molecule has 7 heteroatoms. The SMILES string of the molecule is CCC1=CC(=Nc2c(NCCN(C)C)nn3ccccc23)C(=N)c2c1[nH]c(C)c2C. The van der Waals surface area contributed by atoms with Gasteiger partial charge in [0.25, 0.3) is 0 Å². The Morgan fingerprint density at radius 2 is 2.07 bits per heavy atom. The van der Waals surface area contributed by atoms with Crippen molar-refractivity contribution in [1.82, 2.24) is 19.5 Å². The molecular formula is C23H29N7. The monoisotopic (exact) mass is 403 g/mol. The molecule has 156 valence electrons. The van der Waals surface area contributed by atoms with Crippen LogP contribution in [-0.4, -0.2) is 58.1 Å². The number of H-pyrrole nitrogens is 1. The predicted molar refractivity (Wildman–Crippen MR) is 125 cm³/mol. The number of aromatic amines is 1. The molecule has 0 fully saturated rings. The molecule has 1 aliphatic rings. The summed E-state index contributed by atoms with van der Waals surface area (Å²) >= 11 is 0. The zero-order valence-corrected chi connectivity index (χ0v) is 18.3. The first kappa shape index (κ1) is 20.1. The molecule has 0 amide bonds. The predicted octanol–water partition coefficient (Wildman–Crippen LogP) is 4.20. The molecule has 0 spiro atoms. The number of allylic oxidation sites excluding steroid dienone is 2. The number of anilines is 1. The van der Waals surface area contributed by atoms with E-state index in [1.54, 1.807) is 0 Å². The summed E-state index contributed by atoms with van der Waals surface area (Å²) in [6.45, 7) is 7.92. The third kappa shape index (κ3) is 3.45. The standard InChI is InChI=1S/C23H29N7/c1-6-16-13-17(20(24)19-14(2)15(3)26-21(16)19)27-22-18-9-7-8-11-30(18)28-23(22)25-10-12-29(4)5/h7-9,11,13,24,26H,6,10,12H2,1-5H3,(H,25,28). The van der Waals surface area contributed by atoms with Gasteiger partial charge in [0.15, 0.2) is 5.82 Å². The number of hydrogen-bond acceptors (Lipinski definition) is 5. The summed E-state index contributed by atoms with van der Waals surface area (Å²) in [5, 5.41) is 17.0. The zero-order valence-electron chi connectivity index (χ0n) is 18.3. The first-order valence-electron chi connectivity index (χ1n) is 10.3. The van der Waals surface area contributed by atoms with Gasteiger partial charge in [-0.3, -0.25) is 5.41 Å². The number of fused-ring (bicyclic) bond motifs is 2. The van der Waals surface area contributed by atoms with Crippen molar-refractivity contribution in [2.45, 2.75) is 27.2 Å². The van der Waals surface area contributed by atoms with Crippen molar-refractivity contribution in [2.75, 3.05) is 32.5 Å². The van der Waals surface area contributed by atoms with Gasteiger partial charge in [-0.2, -0.15) is 0 Å². The Labute approximate surface area is 177 Å². The summed E-state index contributed by atoms with van der Waals surface area (Å²) in [7, 11) is 4.09. The Kier molecular flexibility index (Phi) is 5.30. The van der Waals surface area contributed by atoms with E-state index in [1.807, 2.05) is 49.1 Å². The van der Waals surface area contributed by atoms with Crippen LogP contribution in [0.2, 0.25) is 0 Å². The van der Waals surface area contributed by atoms with Gasteiger partial charge < -0.3 is 15.2 Å². The maximum absolute atomic E-state index is 8.87. The molecule has 0 aliphatic heterocycles. The molecule has 0 saturated carbocycles. The maximum Gasteiger partial charge on any atom is 0.175 e. The maximum atomic E-state index is 8.87. The van der Waals surface area contributed by atoms with Gasteiger partial charge in [-0.05, 0) is 63.7 Å². The minimum atomic E-state index is 0.457. The van der Waals surface area contributed by atoms with Crippen LogP contribution in [0, 0.1) is 19.3 Å². The van der Waals surface area contributed by atoms with Gasteiger partial charge in [0.2, 0.25) is 0 Å². The van der Waals surface area contributed by atoms with Crippen molar-refractivity contribution >= 4 is 34.0 Å². The van der Waals surface area contributed by atoms with E-state index < -0.39 is 0 Å². The molecule has 3 N–H and O–H groups in total. The topological polar surface area (TPSA) is 84.6 Å². The molecule has 4 rings (SSSR count). The molecule has 0 radical (unpaired) electrons. The van der Waals surface area contributed by atoms with Gasteiger partial charge in [0, 0.05) is 30.5 Å². The smallest absolute Gasteiger partial charge is 0.175 e. The van der Waals surface area contributed by atoms with Gasteiger partial charge in [0.1, 0.15) is 5.69 Å². The highest BCUT2D eigenvalue weighted by atomic mass is 15.3. The molecule has 7 nitrogen and oxygen atoms in total. The molecule has 3 heterocycles. The van der Waals surface area contributed by atoms with Crippen LogP contribution < -0.4 is 5.32 Å². The lowest BCUT2D eigenvalue weighted by Crippen LogP contribution is -2.21. The van der Waals surface area contributed by atoms with E-state index in [2.05, 4.69) is 41.1 Å². The highest BCUT2D eigenvalue weighted by molar-refractivity contribution is 6.54. The van der Waals surface area contributed by atoms with Crippen molar-refractivity contribution in [3.05, 3.63) is 53.0 Å². The van der Waals surface area contributed by atoms with E-state index in [0.717, 1.165) is 59.0 Å². The van der Waals surface area contributed by atoms with E-state index in [9.17, 15) is 0 Å². The Morgan fingerprint density at radius 3 is 2.80 bits per heavy atom. The fourth-order valence-electron chi connectivity index (χ4n) is 3.81. The van der Waals surface area contributed by atoms with E-state index >= 15 is 0 Å². The molecule has 3 aromatic rings. The number of nitrogens with one attached hydrogen (secondary N) is 3. The second-order valence-corrected chi connectivity index (χ2v) is 7.98. The van der Waals surface area contributed by atoms with Crippen molar-refractivity contribution in [3.8, 4) is 0 Å². The summed E-state index contributed by atoms with van der Waals surface area (Å²) in [4.78, 5) is 10.6. The number of nitrogens with zero attached hydrogens (tertiary/aromatic N) is 4. The molecule has 0 saturated heterocycles. The van der Waals surface area contributed by atoms with Gasteiger partial charge >= 0.3 is 0 Å². The van der Waals surface area contributed by atoms with Crippen LogP contribution in [0.3, 0.4) is 0 Å². The van der Waals surface area contributed by atoms with Gasteiger partial charge in [-0.25, -0.2) is 9.51 Å². The molecule has 30 heavy (non-hydrogen) atoms. The number of aliphatic imine (C=N–C) groups is 1. The van der Waals surface area contributed by atoms with Crippen LogP contribution in [-0.2, 0) is 0 Å². The Balaban J connectivity index is 1.82. The second-order valence-electron chi connectivity index (χ2n) is 7.98.